The first-order valence-electron chi connectivity index (χ1n) is 10.3. The molecule has 0 amide bonds. The van der Waals surface area contributed by atoms with Crippen LogP contribution in [0.5, 0.6) is 11.6 Å². The summed E-state index contributed by atoms with van der Waals surface area (Å²) in [7, 11) is 0. The number of carbonyl (C=O) groups is 2. The predicted molar refractivity (Wildman–Crippen MR) is 107 cm³/mol. The van der Waals surface area contributed by atoms with Gasteiger partial charge in [-0.05, 0) is 44.5 Å². The molecule has 11 heteroatoms. The molecule has 0 radical (unpaired) electrons. The Bertz CT molecular complexity index is 939. The van der Waals surface area contributed by atoms with E-state index in [0.717, 1.165) is 42.9 Å². The summed E-state index contributed by atoms with van der Waals surface area (Å²) in [5.74, 6) is -2.40. The lowest BCUT2D eigenvalue weighted by atomic mass is 10.1. The first-order chi connectivity index (χ1) is 15.2. The summed E-state index contributed by atoms with van der Waals surface area (Å²) in [6, 6.07) is 5.79. The number of aromatic carboxylic acids is 1. The first kappa shape index (κ1) is 23.6. The maximum Gasteiger partial charge on any atom is 0.573 e. The second-order valence-corrected chi connectivity index (χ2v) is 7.43. The summed E-state index contributed by atoms with van der Waals surface area (Å²) in [6.45, 7) is 2.87. The monoisotopic (exact) mass is 455 g/mol. The molecule has 8 nitrogen and oxygen atoms in total. The van der Waals surface area contributed by atoms with Gasteiger partial charge in [-0.15, -0.1) is 18.3 Å². The second kappa shape index (κ2) is 10.5. The lowest BCUT2D eigenvalue weighted by Gasteiger charge is -2.26. The Morgan fingerprint density at radius 3 is 2.56 bits per heavy atom. The van der Waals surface area contributed by atoms with Crippen LogP contribution in [0.25, 0.3) is 0 Å². The molecule has 1 saturated heterocycles. The molecule has 3 rings (SSSR count). The van der Waals surface area contributed by atoms with Crippen molar-refractivity contribution >= 4 is 11.8 Å². The van der Waals surface area contributed by atoms with Crippen molar-refractivity contribution in [2.45, 2.75) is 38.6 Å². The molecule has 1 aliphatic rings. The standard InChI is InChI=1S/C21H24F3N3O5/c22-21(23,24)32-16-7-4-6-15(12-16)18(28)14-27-17(20(29)30)13-19(25-27)31-11-5-10-26-8-2-1-3-9-26/h4,6-7,12-13H,1-3,5,8-11,14H2,(H,29,30). The maximum atomic E-state index is 12.5. The lowest BCUT2D eigenvalue weighted by molar-refractivity contribution is -0.274. The van der Waals surface area contributed by atoms with Crippen LogP contribution in [0, 0.1) is 0 Å². The third-order valence-corrected chi connectivity index (χ3v) is 4.98. The highest BCUT2D eigenvalue weighted by Gasteiger charge is 2.31. The van der Waals surface area contributed by atoms with Gasteiger partial charge >= 0.3 is 12.3 Å². The Hall–Kier alpha value is -3.08. The van der Waals surface area contributed by atoms with Crippen LogP contribution in [-0.4, -0.2) is 64.1 Å². The first-order valence-corrected chi connectivity index (χ1v) is 10.3. The number of likely N-dealkylation sites (tertiary alicyclic amines) is 1. The number of alkyl halides is 3. The smallest absolute Gasteiger partial charge is 0.477 e. The van der Waals surface area contributed by atoms with Crippen LogP contribution < -0.4 is 9.47 Å². The van der Waals surface area contributed by atoms with Gasteiger partial charge in [-0.1, -0.05) is 18.6 Å². The van der Waals surface area contributed by atoms with E-state index < -0.39 is 30.4 Å². The second-order valence-electron chi connectivity index (χ2n) is 7.43. The number of ether oxygens (including phenoxy) is 2. The van der Waals surface area contributed by atoms with E-state index in [2.05, 4.69) is 14.7 Å². The fourth-order valence-corrected chi connectivity index (χ4v) is 3.50. The highest BCUT2D eigenvalue weighted by molar-refractivity contribution is 5.97. The number of benzene rings is 1. The molecule has 0 spiro atoms. The van der Waals surface area contributed by atoms with Crippen molar-refractivity contribution in [3.8, 4) is 11.6 Å². The molecule has 2 heterocycles. The number of nitrogens with zero attached hydrogens (tertiary/aromatic N) is 3. The van der Waals surface area contributed by atoms with E-state index in [4.69, 9.17) is 4.74 Å². The van der Waals surface area contributed by atoms with E-state index in [9.17, 15) is 27.9 Å². The predicted octanol–water partition coefficient (Wildman–Crippen LogP) is 3.62. The number of rotatable bonds is 10. The zero-order valence-corrected chi connectivity index (χ0v) is 17.3. The third kappa shape index (κ3) is 6.98. The van der Waals surface area contributed by atoms with E-state index in [0.29, 0.717) is 6.61 Å². The summed E-state index contributed by atoms with van der Waals surface area (Å²) < 4.78 is 47.5. The quantitative estimate of drug-likeness (QED) is 0.432. The van der Waals surface area contributed by atoms with Crippen molar-refractivity contribution in [3.63, 3.8) is 0 Å². The largest absolute Gasteiger partial charge is 0.573 e. The van der Waals surface area contributed by atoms with E-state index in [-0.39, 0.29) is 17.1 Å². The number of carbonyl (C=O) groups excluding carboxylic acids is 1. The lowest BCUT2D eigenvalue weighted by Crippen LogP contribution is -2.31. The topological polar surface area (TPSA) is 93.9 Å². The van der Waals surface area contributed by atoms with Gasteiger partial charge in [-0.25, -0.2) is 9.48 Å². The molecule has 1 aliphatic heterocycles. The van der Waals surface area contributed by atoms with Gasteiger partial charge in [0.15, 0.2) is 11.5 Å². The molecule has 2 aromatic rings. The highest BCUT2D eigenvalue weighted by atomic mass is 19.4. The summed E-state index contributed by atoms with van der Waals surface area (Å²) in [5, 5.41) is 13.4. The van der Waals surface area contributed by atoms with Crippen LogP contribution in [-0.2, 0) is 6.54 Å². The molecule has 0 aliphatic carbocycles. The third-order valence-electron chi connectivity index (χ3n) is 4.98. The van der Waals surface area contributed by atoms with Gasteiger partial charge in [0, 0.05) is 18.2 Å². The molecule has 1 N–H and O–H groups in total. The Balaban J connectivity index is 1.60. The number of carboxylic acid groups (broad SMARTS) is 1. The Morgan fingerprint density at radius 2 is 1.88 bits per heavy atom. The molecular formula is C21H24F3N3O5. The van der Waals surface area contributed by atoms with Crippen LogP contribution >= 0.6 is 0 Å². The van der Waals surface area contributed by atoms with Crippen LogP contribution in [0.4, 0.5) is 13.2 Å². The Morgan fingerprint density at radius 1 is 1.12 bits per heavy atom. The molecular weight excluding hydrogens is 431 g/mol. The van der Waals surface area contributed by atoms with Gasteiger partial charge in [-0.3, -0.25) is 4.79 Å². The van der Waals surface area contributed by atoms with Crippen molar-refractivity contribution in [2.75, 3.05) is 26.2 Å². The Kier molecular flexibility index (Phi) is 7.73. The molecule has 0 saturated carbocycles. The average Bonchev–Trinajstić information content (AvgIpc) is 3.14. The van der Waals surface area contributed by atoms with E-state index in [1.165, 1.54) is 37.5 Å². The van der Waals surface area contributed by atoms with Crippen LogP contribution in [0.3, 0.4) is 0 Å². The van der Waals surface area contributed by atoms with Crippen LogP contribution in [0.1, 0.15) is 46.5 Å². The molecule has 174 valence electrons. The van der Waals surface area contributed by atoms with E-state index in [1.807, 2.05) is 0 Å². The van der Waals surface area contributed by atoms with Gasteiger partial charge in [-0.2, -0.15) is 0 Å². The molecule has 1 fully saturated rings. The van der Waals surface area contributed by atoms with E-state index in [1.54, 1.807) is 0 Å². The van der Waals surface area contributed by atoms with Crippen molar-refractivity contribution in [2.24, 2.45) is 0 Å². The summed E-state index contributed by atoms with van der Waals surface area (Å²) in [6.07, 6.45) is -0.514. The normalized spacial score (nSPS) is 14.8. The van der Waals surface area contributed by atoms with Gasteiger partial charge in [0.1, 0.15) is 12.3 Å². The minimum atomic E-state index is -4.89. The van der Waals surface area contributed by atoms with Gasteiger partial charge in [0.2, 0.25) is 5.88 Å². The number of piperidine rings is 1. The summed E-state index contributed by atoms with van der Waals surface area (Å²) in [4.78, 5) is 26.4. The van der Waals surface area contributed by atoms with Gasteiger partial charge < -0.3 is 19.5 Å². The minimum Gasteiger partial charge on any atom is -0.477 e. The number of ketones is 1. The molecule has 0 atom stereocenters. The summed E-state index contributed by atoms with van der Waals surface area (Å²) >= 11 is 0. The molecule has 1 aromatic heterocycles. The van der Waals surface area contributed by atoms with Gasteiger partial charge in [0.05, 0.1) is 6.61 Å². The van der Waals surface area contributed by atoms with Gasteiger partial charge in [0.25, 0.3) is 0 Å². The zero-order chi connectivity index (χ0) is 23.1. The number of hydrogen-bond donors (Lipinski definition) is 1. The Labute approximate surface area is 182 Å². The van der Waals surface area contributed by atoms with Crippen LogP contribution in [0.2, 0.25) is 0 Å². The van der Waals surface area contributed by atoms with Crippen molar-refractivity contribution in [1.29, 1.82) is 0 Å². The van der Waals surface area contributed by atoms with Crippen molar-refractivity contribution < 1.29 is 37.3 Å². The molecule has 0 bridgehead atoms. The fraction of sp³-hybridized carbons (Fsp3) is 0.476. The maximum absolute atomic E-state index is 12.5. The number of carboxylic acids is 1. The van der Waals surface area contributed by atoms with Crippen LogP contribution in [0.15, 0.2) is 30.3 Å². The fourth-order valence-electron chi connectivity index (χ4n) is 3.50. The number of Topliss-reactive ketones (excluding diaryl/α,β-unsaturated/α-hetero) is 1. The molecule has 1 aromatic carbocycles. The number of aromatic nitrogens is 2. The molecule has 32 heavy (non-hydrogen) atoms. The van der Waals surface area contributed by atoms with Crippen molar-refractivity contribution in [1.82, 2.24) is 14.7 Å². The molecule has 0 unspecified atom stereocenters. The highest BCUT2D eigenvalue weighted by Crippen LogP contribution is 2.24. The van der Waals surface area contributed by atoms with Crippen molar-refractivity contribution in [3.05, 3.63) is 41.6 Å². The SMILES string of the molecule is O=C(Cn1nc(OCCCN2CCCCC2)cc1C(=O)O)c1cccc(OC(F)(F)F)c1. The number of hydrogen-bond acceptors (Lipinski definition) is 6. The number of halogens is 3. The summed E-state index contributed by atoms with van der Waals surface area (Å²) in [5.41, 5.74) is -0.324. The average molecular weight is 455 g/mol. The zero-order valence-electron chi connectivity index (χ0n) is 17.3. The van der Waals surface area contributed by atoms with E-state index >= 15 is 0 Å². The minimum absolute atomic E-state index is 0.0670.